The van der Waals surface area contributed by atoms with Crippen LogP contribution < -0.4 is 10.1 Å². The first-order valence-corrected chi connectivity index (χ1v) is 9.06. The van der Waals surface area contributed by atoms with Crippen molar-refractivity contribution >= 4 is 39.0 Å². The maximum absolute atomic E-state index is 14.0. The minimum atomic E-state index is -1.02. The second-order valence-electron chi connectivity index (χ2n) is 5.94. The summed E-state index contributed by atoms with van der Waals surface area (Å²) in [6.07, 6.45) is -1.02. The number of ether oxygens (including phenoxy) is 2. The van der Waals surface area contributed by atoms with Crippen molar-refractivity contribution in [1.29, 1.82) is 0 Å². The molecule has 1 aromatic heterocycles. The molecule has 0 aliphatic heterocycles. The van der Waals surface area contributed by atoms with Gasteiger partial charge in [0, 0.05) is 21.8 Å². The maximum Gasteiger partial charge on any atom is 0.349 e. The van der Waals surface area contributed by atoms with Crippen LogP contribution in [0, 0.1) is 12.7 Å². The molecule has 0 fully saturated rings. The Hall–Kier alpha value is -2.93. The smallest absolute Gasteiger partial charge is 0.349 e. The molecular formula is C20H18FNO4S. The molecule has 0 spiro atoms. The average molecular weight is 387 g/mol. The Morgan fingerprint density at radius 3 is 2.63 bits per heavy atom. The van der Waals surface area contributed by atoms with E-state index >= 15 is 0 Å². The Morgan fingerprint density at radius 1 is 1.19 bits per heavy atom. The molecule has 0 saturated carbocycles. The molecule has 140 valence electrons. The van der Waals surface area contributed by atoms with Crippen LogP contribution in [0.3, 0.4) is 0 Å². The number of thiophene rings is 1. The van der Waals surface area contributed by atoms with Gasteiger partial charge in [-0.15, -0.1) is 11.3 Å². The second kappa shape index (κ2) is 7.75. The topological polar surface area (TPSA) is 64.6 Å². The summed E-state index contributed by atoms with van der Waals surface area (Å²) in [5.41, 5.74) is 1.04. The van der Waals surface area contributed by atoms with Crippen molar-refractivity contribution in [2.75, 3.05) is 12.4 Å². The number of anilines is 1. The summed E-state index contributed by atoms with van der Waals surface area (Å²) >= 11 is 1.15. The van der Waals surface area contributed by atoms with Gasteiger partial charge in [-0.2, -0.15) is 0 Å². The van der Waals surface area contributed by atoms with Gasteiger partial charge in [-0.05, 0) is 43.7 Å². The first-order valence-electron chi connectivity index (χ1n) is 8.24. The second-order valence-corrected chi connectivity index (χ2v) is 6.99. The van der Waals surface area contributed by atoms with Crippen molar-refractivity contribution in [3.8, 4) is 5.75 Å². The number of hydrogen-bond donors (Lipinski definition) is 1. The van der Waals surface area contributed by atoms with Crippen LogP contribution in [0.5, 0.6) is 5.75 Å². The van der Waals surface area contributed by atoms with Crippen LogP contribution in [0.4, 0.5) is 10.1 Å². The maximum atomic E-state index is 14.0. The summed E-state index contributed by atoms with van der Waals surface area (Å²) in [4.78, 5) is 25.1. The predicted molar refractivity (Wildman–Crippen MR) is 103 cm³/mol. The zero-order chi connectivity index (χ0) is 19.6. The summed E-state index contributed by atoms with van der Waals surface area (Å²) < 4.78 is 25.0. The number of methoxy groups -OCH3 is 1. The van der Waals surface area contributed by atoms with E-state index in [2.05, 4.69) is 5.32 Å². The minimum absolute atomic E-state index is 0.288. The number of benzene rings is 2. The highest BCUT2D eigenvalue weighted by atomic mass is 32.1. The van der Waals surface area contributed by atoms with Gasteiger partial charge in [-0.3, -0.25) is 4.79 Å². The third-order valence-electron chi connectivity index (χ3n) is 4.08. The van der Waals surface area contributed by atoms with Crippen LogP contribution in [0.15, 0.2) is 42.5 Å². The van der Waals surface area contributed by atoms with Crippen LogP contribution in [0.25, 0.3) is 10.1 Å². The number of halogens is 1. The highest BCUT2D eigenvalue weighted by molar-refractivity contribution is 7.21. The van der Waals surface area contributed by atoms with Gasteiger partial charge in [0.05, 0.1) is 7.11 Å². The van der Waals surface area contributed by atoms with Crippen molar-refractivity contribution in [2.24, 2.45) is 0 Å². The van der Waals surface area contributed by atoms with E-state index in [0.717, 1.165) is 11.3 Å². The largest absolute Gasteiger partial charge is 0.497 e. The molecule has 1 amide bonds. The van der Waals surface area contributed by atoms with E-state index in [0.29, 0.717) is 27.1 Å². The molecule has 27 heavy (non-hydrogen) atoms. The van der Waals surface area contributed by atoms with Crippen molar-refractivity contribution in [3.05, 3.63) is 58.7 Å². The Morgan fingerprint density at radius 2 is 1.93 bits per heavy atom. The summed E-state index contributed by atoms with van der Waals surface area (Å²) in [5, 5.41) is 3.08. The fourth-order valence-electron chi connectivity index (χ4n) is 2.66. The lowest BCUT2D eigenvalue weighted by Crippen LogP contribution is -2.29. The number of carbonyl (C=O) groups excluding carboxylic acids is 2. The van der Waals surface area contributed by atoms with Crippen LogP contribution in [0.1, 0.15) is 22.2 Å². The number of rotatable bonds is 5. The van der Waals surface area contributed by atoms with Gasteiger partial charge in [-0.1, -0.05) is 12.1 Å². The molecule has 0 aliphatic carbocycles. The number of hydrogen-bond acceptors (Lipinski definition) is 5. The number of carbonyl (C=O) groups is 2. The van der Waals surface area contributed by atoms with Crippen molar-refractivity contribution in [2.45, 2.75) is 20.0 Å². The van der Waals surface area contributed by atoms with E-state index in [1.807, 2.05) is 0 Å². The van der Waals surface area contributed by atoms with Crippen LogP contribution in [-0.2, 0) is 9.53 Å². The van der Waals surface area contributed by atoms with E-state index < -0.39 is 18.0 Å². The molecule has 1 atom stereocenters. The monoisotopic (exact) mass is 387 g/mol. The molecule has 0 bridgehead atoms. The molecule has 0 saturated heterocycles. The minimum Gasteiger partial charge on any atom is -0.497 e. The molecule has 0 unspecified atom stereocenters. The lowest BCUT2D eigenvalue weighted by Gasteiger charge is -2.13. The first-order chi connectivity index (χ1) is 12.9. The highest BCUT2D eigenvalue weighted by Gasteiger charge is 2.23. The molecule has 2 aromatic carbocycles. The van der Waals surface area contributed by atoms with E-state index in [1.54, 1.807) is 43.3 Å². The third kappa shape index (κ3) is 3.93. The van der Waals surface area contributed by atoms with Gasteiger partial charge in [0.1, 0.15) is 16.4 Å². The zero-order valence-corrected chi connectivity index (χ0v) is 15.9. The number of nitrogens with one attached hydrogen (secondary N) is 1. The van der Waals surface area contributed by atoms with E-state index in [4.69, 9.17) is 9.47 Å². The lowest BCUT2D eigenvalue weighted by atomic mass is 10.1. The molecule has 3 rings (SSSR count). The molecular weight excluding hydrogens is 369 g/mol. The summed E-state index contributed by atoms with van der Waals surface area (Å²) in [6, 6.07) is 11.5. The van der Waals surface area contributed by atoms with E-state index in [1.165, 1.54) is 20.1 Å². The molecule has 7 heteroatoms. The normalized spacial score (nSPS) is 11.9. The van der Waals surface area contributed by atoms with Crippen LogP contribution in [-0.4, -0.2) is 25.1 Å². The SMILES string of the molecule is COc1cccc(NC(=O)[C@H](C)OC(=O)c2sc3cccc(F)c3c2C)c1. The fraction of sp³-hybridized carbons (Fsp3) is 0.200. The molecule has 1 N–H and O–H groups in total. The molecule has 1 heterocycles. The van der Waals surface area contributed by atoms with Gasteiger partial charge in [0.15, 0.2) is 6.10 Å². The third-order valence-corrected chi connectivity index (χ3v) is 5.32. The van der Waals surface area contributed by atoms with Gasteiger partial charge in [0.2, 0.25) is 0 Å². The molecule has 0 aliphatic rings. The van der Waals surface area contributed by atoms with Crippen molar-refractivity contribution in [1.82, 2.24) is 0 Å². The summed E-state index contributed by atoms with van der Waals surface area (Å²) in [6.45, 7) is 3.15. The number of amides is 1. The average Bonchev–Trinajstić information content (AvgIpc) is 3.00. The number of esters is 1. The highest BCUT2D eigenvalue weighted by Crippen LogP contribution is 2.33. The fourth-order valence-corrected chi connectivity index (χ4v) is 3.77. The standard InChI is InChI=1S/C20H18FNO4S/c1-11-17-15(21)8-5-9-16(17)27-18(11)20(24)26-12(2)19(23)22-13-6-4-7-14(10-13)25-3/h4-10,12H,1-3H3,(H,22,23)/t12-/m0/s1. The van der Waals surface area contributed by atoms with Crippen molar-refractivity contribution < 1.29 is 23.5 Å². The van der Waals surface area contributed by atoms with Gasteiger partial charge in [0.25, 0.3) is 5.91 Å². The Kier molecular flexibility index (Phi) is 5.41. The number of fused-ring (bicyclic) bond motifs is 1. The molecule has 5 nitrogen and oxygen atoms in total. The summed E-state index contributed by atoms with van der Waals surface area (Å²) in [7, 11) is 1.53. The molecule has 0 radical (unpaired) electrons. The van der Waals surface area contributed by atoms with Gasteiger partial charge < -0.3 is 14.8 Å². The lowest BCUT2D eigenvalue weighted by molar-refractivity contribution is -0.123. The Labute approximate surface area is 159 Å². The quantitative estimate of drug-likeness (QED) is 0.653. The Balaban J connectivity index is 1.72. The van der Waals surface area contributed by atoms with E-state index in [9.17, 15) is 14.0 Å². The predicted octanol–water partition coefficient (Wildman–Crippen LogP) is 4.54. The van der Waals surface area contributed by atoms with E-state index in [-0.39, 0.29) is 10.7 Å². The Bertz CT molecular complexity index is 1010. The first kappa shape index (κ1) is 18.8. The number of aryl methyl sites for hydroxylation is 1. The van der Waals surface area contributed by atoms with Crippen molar-refractivity contribution in [3.63, 3.8) is 0 Å². The molecule has 3 aromatic rings. The van der Waals surface area contributed by atoms with Crippen LogP contribution >= 0.6 is 11.3 Å². The van der Waals surface area contributed by atoms with Gasteiger partial charge >= 0.3 is 5.97 Å². The van der Waals surface area contributed by atoms with Gasteiger partial charge in [-0.25, -0.2) is 9.18 Å². The summed E-state index contributed by atoms with van der Waals surface area (Å²) in [5.74, 6) is -0.910. The van der Waals surface area contributed by atoms with Crippen LogP contribution in [0.2, 0.25) is 0 Å². The zero-order valence-electron chi connectivity index (χ0n) is 15.0.